The topological polar surface area (TPSA) is 151 Å². The van der Waals surface area contributed by atoms with Crippen LogP contribution in [0.5, 0.6) is 5.75 Å². The molecule has 0 saturated carbocycles. The number of anilines is 1. The van der Waals surface area contributed by atoms with Crippen LogP contribution in [0.3, 0.4) is 0 Å². The van der Waals surface area contributed by atoms with E-state index in [4.69, 9.17) is 25.8 Å². The number of methoxy groups -OCH3 is 1. The third kappa shape index (κ3) is 7.66. The number of thiophene rings is 1. The average Bonchev–Trinajstić information content (AvgIpc) is 3.58. The zero-order chi connectivity index (χ0) is 33.4. The van der Waals surface area contributed by atoms with Crippen LogP contribution in [0, 0.1) is 12.7 Å². The highest BCUT2D eigenvalue weighted by molar-refractivity contribution is 7.99. The Bertz CT molecular complexity index is 1760. The molecule has 0 unspecified atom stereocenters. The lowest BCUT2D eigenvalue weighted by atomic mass is 10.1. The van der Waals surface area contributed by atoms with Crippen LogP contribution in [0.4, 0.5) is 9.39 Å². The molecule has 242 valence electrons. The fraction of sp³-hybridized carbons (Fsp3) is 0.267. The number of ether oxygens (including phenoxy) is 3. The van der Waals surface area contributed by atoms with E-state index in [0.717, 1.165) is 29.2 Å². The molecule has 2 N–H and O–H groups in total. The van der Waals surface area contributed by atoms with Gasteiger partial charge in [-0.25, -0.2) is 14.0 Å². The molecule has 2 heterocycles. The lowest BCUT2D eigenvalue weighted by molar-refractivity contribution is -0.113. The molecule has 12 nitrogen and oxygen atoms in total. The van der Waals surface area contributed by atoms with Gasteiger partial charge in [0.05, 0.1) is 54.5 Å². The fourth-order valence-electron chi connectivity index (χ4n) is 4.26. The number of nitrogens with zero attached hydrogens (tertiary/aromatic N) is 3. The smallest absolute Gasteiger partial charge is 0.348 e. The predicted octanol–water partition coefficient (Wildman–Crippen LogP) is 5.45. The molecule has 0 radical (unpaired) electrons. The van der Waals surface area contributed by atoms with Crippen molar-refractivity contribution in [1.29, 1.82) is 0 Å². The summed E-state index contributed by atoms with van der Waals surface area (Å²) in [7, 11) is 1.49. The number of esters is 2. The second kappa shape index (κ2) is 15.7. The minimum absolute atomic E-state index is 0.0487. The van der Waals surface area contributed by atoms with E-state index >= 15 is 0 Å². The summed E-state index contributed by atoms with van der Waals surface area (Å²) in [5.41, 5.74) is 0.613. The Morgan fingerprint density at radius 1 is 1.00 bits per heavy atom. The van der Waals surface area contributed by atoms with Gasteiger partial charge in [0.1, 0.15) is 21.4 Å². The van der Waals surface area contributed by atoms with Gasteiger partial charge in [0.15, 0.2) is 11.0 Å². The minimum Gasteiger partial charge on any atom is -0.495 e. The van der Waals surface area contributed by atoms with E-state index in [1.807, 2.05) is 0 Å². The van der Waals surface area contributed by atoms with E-state index in [1.54, 1.807) is 49.6 Å². The highest BCUT2D eigenvalue weighted by atomic mass is 35.5. The molecular formula is C30H29ClFN5O7S2. The summed E-state index contributed by atoms with van der Waals surface area (Å²) in [6, 6.07) is 10.9. The number of benzene rings is 2. The van der Waals surface area contributed by atoms with Crippen LogP contribution in [-0.2, 0) is 20.8 Å². The summed E-state index contributed by atoms with van der Waals surface area (Å²) in [6.45, 7) is 4.95. The number of nitrogens with one attached hydrogen (secondary N) is 2. The number of carbonyl (C=O) groups excluding carboxylic acids is 4. The Morgan fingerprint density at radius 2 is 1.72 bits per heavy atom. The Labute approximate surface area is 276 Å². The molecule has 4 aromatic rings. The van der Waals surface area contributed by atoms with Crippen LogP contribution >= 0.6 is 34.7 Å². The second-order valence-corrected chi connectivity index (χ2v) is 11.6. The van der Waals surface area contributed by atoms with Crippen molar-refractivity contribution in [3.05, 3.63) is 80.7 Å². The van der Waals surface area contributed by atoms with Crippen LogP contribution in [0.1, 0.15) is 55.6 Å². The Morgan fingerprint density at radius 3 is 2.41 bits per heavy atom. The van der Waals surface area contributed by atoms with Crippen molar-refractivity contribution in [2.75, 3.05) is 31.4 Å². The van der Waals surface area contributed by atoms with Crippen LogP contribution in [0.25, 0.3) is 5.69 Å². The Balaban J connectivity index is 1.59. The first-order valence-corrected chi connectivity index (χ1v) is 16.0. The molecule has 46 heavy (non-hydrogen) atoms. The number of carbonyl (C=O) groups is 4. The van der Waals surface area contributed by atoms with E-state index < -0.39 is 29.6 Å². The fourth-order valence-corrected chi connectivity index (χ4v) is 6.38. The zero-order valence-electron chi connectivity index (χ0n) is 25.1. The van der Waals surface area contributed by atoms with Crippen molar-refractivity contribution in [1.82, 2.24) is 20.1 Å². The SMILES string of the molecule is CCOC(=O)c1sc(NC(=O)CSc2nnc(CNC(=O)c3c(F)cccc3Cl)n2-c2ccccc2OC)c(C(=O)OCC)c1C. The summed E-state index contributed by atoms with van der Waals surface area (Å²) >= 11 is 7.98. The molecule has 0 aliphatic carbocycles. The number of hydrogen-bond acceptors (Lipinski definition) is 11. The molecule has 4 rings (SSSR count). The molecule has 0 spiro atoms. The largest absolute Gasteiger partial charge is 0.495 e. The molecule has 2 aromatic carbocycles. The maximum absolute atomic E-state index is 14.3. The normalized spacial score (nSPS) is 10.7. The number of thioether (sulfide) groups is 1. The molecular weight excluding hydrogens is 661 g/mol. The van der Waals surface area contributed by atoms with Crippen molar-refractivity contribution in [3.63, 3.8) is 0 Å². The van der Waals surface area contributed by atoms with Gasteiger partial charge in [-0.3, -0.25) is 14.2 Å². The highest BCUT2D eigenvalue weighted by Gasteiger charge is 2.28. The Hall–Kier alpha value is -4.47. The lowest BCUT2D eigenvalue weighted by Crippen LogP contribution is -2.26. The van der Waals surface area contributed by atoms with Crippen molar-refractivity contribution in [2.45, 2.75) is 32.5 Å². The maximum Gasteiger partial charge on any atom is 0.348 e. The molecule has 2 aromatic heterocycles. The molecule has 2 amide bonds. The standard InChI is InChI=1S/C30H29ClFN5O7S2/c1-5-43-28(40)23-16(3)25(29(41)44-6-2)46-27(23)34-22(38)15-45-30-36-35-21(37(30)19-12-7-8-13-20(19)42-4)14-33-26(39)24-17(31)10-9-11-18(24)32/h7-13H,5-6,14-15H2,1-4H3,(H,33,39)(H,34,38). The third-order valence-electron chi connectivity index (χ3n) is 6.30. The second-order valence-electron chi connectivity index (χ2n) is 9.22. The van der Waals surface area contributed by atoms with Gasteiger partial charge in [0.25, 0.3) is 5.91 Å². The number of aromatic nitrogens is 3. The summed E-state index contributed by atoms with van der Waals surface area (Å²) in [6.07, 6.45) is 0. The summed E-state index contributed by atoms with van der Waals surface area (Å²) < 4.78 is 31.7. The van der Waals surface area contributed by atoms with E-state index in [9.17, 15) is 23.6 Å². The van der Waals surface area contributed by atoms with Crippen molar-refractivity contribution < 1.29 is 37.8 Å². The van der Waals surface area contributed by atoms with Gasteiger partial charge in [-0.2, -0.15) is 0 Å². The van der Waals surface area contributed by atoms with Crippen LogP contribution in [-0.4, -0.2) is 64.6 Å². The highest BCUT2D eigenvalue weighted by Crippen LogP contribution is 2.35. The summed E-state index contributed by atoms with van der Waals surface area (Å²) in [5, 5.41) is 14.1. The molecule has 0 atom stereocenters. The number of hydrogen-bond donors (Lipinski definition) is 2. The average molecular weight is 690 g/mol. The van der Waals surface area contributed by atoms with E-state index in [2.05, 4.69) is 20.8 Å². The van der Waals surface area contributed by atoms with Crippen LogP contribution in [0.2, 0.25) is 5.02 Å². The van der Waals surface area contributed by atoms with E-state index in [0.29, 0.717) is 17.0 Å². The first-order chi connectivity index (χ1) is 22.1. The van der Waals surface area contributed by atoms with Gasteiger partial charge in [0.2, 0.25) is 5.91 Å². The number of amides is 2. The van der Waals surface area contributed by atoms with E-state index in [-0.39, 0.29) is 62.5 Å². The van der Waals surface area contributed by atoms with Crippen LogP contribution in [0.15, 0.2) is 47.6 Å². The Kier molecular flexibility index (Phi) is 11.7. The molecule has 0 aliphatic rings. The molecule has 0 bridgehead atoms. The first-order valence-electron chi connectivity index (χ1n) is 13.8. The van der Waals surface area contributed by atoms with Gasteiger partial charge in [0, 0.05) is 0 Å². The first kappa shape index (κ1) is 34.4. The van der Waals surface area contributed by atoms with Gasteiger partial charge in [-0.1, -0.05) is 41.6 Å². The quantitative estimate of drug-likeness (QED) is 0.137. The monoisotopic (exact) mass is 689 g/mol. The number of halogens is 2. The lowest BCUT2D eigenvalue weighted by Gasteiger charge is -2.14. The van der Waals surface area contributed by atoms with Crippen LogP contribution < -0.4 is 15.4 Å². The maximum atomic E-state index is 14.3. The molecule has 0 fully saturated rings. The molecule has 0 saturated heterocycles. The van der Waals surface area contributed by atoms with Gasteiger partial charge in [-0.15, -0.1) is 21.5 Å². The summed E-state index contributed by atoms with van der Waals surface area (Å²) in [4.78, 5) is 51.4. The molecule has 16 heteroatoms. The van der Waals surface area contributed by atoms with Crippen molar-refractivity contribution >= 4 is 63.5 Å². The zero-order valence-corrected chi connectivity index (χ0v) is 27.5. The summed E-state index contributed by atoms with van der Waals surface area (Å²) in [5.74, 6) is -2.81. The third-order valence-corrected chi connectivity index (χ3v) is 8.73. The van der Waals surface area contributed by atoms with E-state index in [1.165, 1.54) is 19.2 Å². The van der Waals surface area contributed by atoms with Gasteiger partial charge in [-0.05, 0) is 50.6 Å². The predicted molar refractivity (Wildman–Crippen MR) is 171 cm³/mol. The van der Waals surface area contributed by atoms with Crippen molar-refractivity contribution in [3.8, 4) is 11.4 Å². The molecule has 0 aliphatic heterocycles. The van der Waals surface area contributed by atoms with Gasteiger partial charge >= 0.3 is 11.9 Å². The van der Waals surface area contributed by atoms with Gasteiger partial charge < -0.3 is 24.8 Å². The number of para-hydroxylation sites is 2. The minimum atomic E-state index is -0.778. The van der Waals surface area contributed by atoms with Crippen molar-refractivity contribution in [2.24, 2.45) is 0 Å². The number of rotatable bonds is 13.